The minimum atomic E-state index is -0.000897. The lowest BCUT2D eigenvalue weighted by Gasteiger charge is -2.40. The molecule has 0 atom stereocenters. The molecule has 0 unspecified atom stereocenters. The summed E-state index contributed by atoms with van der Waals surface area (Å²) in [5.41, 5.74) is 7.84. The van der Waals surface area contributed by atoms with Gasteiger partial charge in [-0.05, 0) is 65.8 Å². The summed E-state index contributed by atoms with van der Waals surface area (Å²) in [5, 5.41) is 3.14. The molecule has 3 aromatic carbocycles. The van der Waals surface area contributed by atoms with E-state index in [0.717, 1.165) is 73.2 Å². The molecule has 1 heterocycles. The maximum Gasteiger partial charge on any atom is 0.251 e. The average Bonchev–Trinajstić information content (AvgIpc) is 3.13. The molecule has 1 saturated heterocycles. The van der Waals surface area contributed by atoms with Gasteiger partial charge in [0.15, 0.2) is 0 Å². The van der Waals surface area contributed by atoms with Crippen LogP contribution in [0.2, 0.25) is 0 Å². The van der Waals surface area contributed by atoms with Crippen LogP contribution in [0.5, 0.6) is 0 Å². The second kappa shape index (κ2) is 12.1. The summed E-state index contributed by atoms with van der Waals surface area (Å²) < 4.78 is 6.51. The minimum Gasteiger partial charge on any atom is -1.00 e. The quantitative estimate of drug-likeness (QED) is 0.509. The Hall–Kier alpha value is -2.92. The normalized spacial score (nSPS) is 16.1. The Balaban J connectivity index is 0.00000320. The van der Waals surface area contributed by atoms with Gasteiger partial charge in [-0.1, -0.05) is 54.6 Å². The van der Waals surface area contributed by atoms with E-state index in [2.05, 4.69) is 80.1 Å². The van der Waals surface area contributed by atoms with Crippen molar-refractivity contribution in [2.24, 2.45) is 0 Å². The van der Waals surface area contributed by atoms with Crippen molar-refractivity contribution < 1.29 is 26.4 Å². The third kappa shape index (κ3) is 6.70. The zero-order valence-electron chi connectivity index (χ0n) is 21.9. The number of rotatable bonds is 6. The number of nitrogens with zero attached hydrogens (tertiary/aromatic N) is 1. The standard InChI is InChI=1S/C32H36N2O2.ClH/c1-34(2,31-17-19-36-20-18-31)23-24-11-15-30(16-12-24)33-32(35)28-10-6-9-26-13-14-27(21-29(26)22-28)25-7-4-3-5-8-25;/h3-5,7-8,11-16,21-22,31H,6,9-10,17-20,23H2,1-2H3;1H. The van der Waals surface area contributed by atoms with Crippen molar-refractivity contribution in [1.29, 1.82) is 0 Å². The van der Waals surface area contributed by atoms with Gasteiger partial charge in [0.1, 0.15) is 6.54 Å². The minimum absolute atomic E-state index is 0. The largest absolute Gasteiger partial charge is 1.00 e. The summed E-state index contributed by atoms with van der Waals surface area (Å²) >= 11 is 0. The number of amides is 1. The first-order valence-electron chi connectivity index (χ1n) is 13.2. The van der Waals surface area contributed by atoms with E-state index in [1.807, 2.05) is 18.2 Å². The van der Waals surface area contributed by atoms with Crippen LogP contribution in [0.4, 0.5) is 5.69 Å². The van der Waals surface area contributed by atoms with Crippen LogP contribution in [-0.2, 0) is 22.5 Å². The fraction of sp³-hybridized carbons (Fsp3) is 0.344. The van der Waals surface area contributed by atoms with Crippen molar-refractivity contribution in [3.05, 3.63) is 95.1 Å². The molecule has 194 valence electrons. The number of aryl methyl sites for hydroxylation is 1. The molecule has 4 nitrogen and oxygen atoms in total. The number of benzene rings is 3. The third-order valence-corrected chi connectivity index (χ3v) is 7.75. The molecule has 3 aromatic rings. The number of anilines is 1. The van der Waals surface area contributed by atoms with Crippen LogP contribution in [0, 0.1) is 0 Å². The van der Waals surface area contributed by atoms with Gasteiger partial charge in [0.05, 0.1) is 33.4 Å². The topological polar surface area (TPSA) is 38.3 Å². The van der Waals surface area contributed by atoms with Crippen LogP contribution < -0.4 is 17.7 Å². The number of quaternary nitrogens is 1. The third-order valence-electron chi connectivity index (χ3n) is 7.75. The lowest BCUT2D eigenvalue weighted by Crippen LogP contribution is -3.00. The number of hydrogen-bond donors (Lipinski definition) is 1. The van der Waals surface area contributed by atoms with Gasteiger partial charge < -0.3 is 26.9 Å². The maximum absolute atomic E-state index is 13.2. The average molecular weight is 517 g/mol. The molecule has 5 heteroatoms. The van der Waals surface area contributed by atoms with Gasteiger partial charge in [-0.25, -0.2) is 0 Å². The first-order chi connectivity index (χ1) is 17.5. The molecule has 1 N–H and O–H groups in total. The Morgan fingerprint density at radius 1 is 0.919 bits per heavy atom. The van der Waals surface area contributed by atoms with E-state index in [4.69, 9.17) is 4.74 Å². The number of hydrogen-bond acceptors (Lipinski definition) is 2. The lowest BCUT2D eigenvalue weighted by atomic mass is 9.97. The van der Waals surface area contributed by atoms with Crippen molar-refractivity contribution in [3.8, 4) is 11.1 Å². The molecule has 37 heavy (non-hydrogen) atoms. The van der Waals surface area contributed by atoms with E-state index in [-0.39, 0.29) is 18.3 Å². The van der Waals surface area contributed by atoms with E-state index in [1.165, 1.54) is 22.3 Å². The highest BCUT2D eigenvalue weighted by molar-refractivity contribution is 6.07. The Labute approximate surface area is 227 Å². The first-order valence-corrected chi connectivity index (χ1v) is 13.2. The van der Waals surface area contributed by atoms with Gasteiger partial charge in [-0.3, -0.25) is 4.79 Å². The number of carbonyl (C=O) groups excluding carboxylic acids is 1. The van der Waals surface area contributed by atoms with Gasteiger partial charge >= 0.3 is 0 Å². The smallest absolute Gasteiger partial charge is 0.251 e. The zero-order chi connectivity index (χ0) is 25.0. The van der Waals surface area contributed by atoms with E-state index in [0.29, 0.717) is 6.04 Å². The summed E-state index contributed by atoms with van der Waals surface area (Å²) in [7, 11) is 4.62. The lowest BCUT2D eigenvalue weighted by molar-refractivity contribution is -0.929. The second-order valence-corrected chi connectivity index (χ2v) is 10.7. The molecule has 0 saturated carbocycles. The molecule has 1 aliphatic heterocycles. The maximum atomic E-state index is 13.2. The molecule has 1 amide bonds. The van der Waals surface area contributed by atoms with Crippen molar-refractivity contribution in [2.45, 2.75) is 44.7 Å². The van der Waals surface area contributed by atoms with Crippen molar-refractivity contribution in [1.82, 2.24) is 0 Å². The predicted octanol–water partition coefficient (Wildman–Crippen LogP) is 3.47. The van der Waals surface area contributed by atoms with Gasteiger partial charge in [-0.2, -0.15) is 0 Å². The van der Waals surface area contributed by atoms with Crippen LogP contribution in [0.3, 0.4) is 0 Å². The molecule has 1 fully saturated rings. The highest BCUT2D eigenvalue weighted by atomic mass is 35.5. The number of carbonyl (C=O) groups is 1. The van der Waals surface area contributed by atoms with Gasteiger partial charge in [0, 0.05) is 29.7 Å². The molecule has 0 bridgehead atoms. The second-order valence-electron chi connectivity index (χ2n) is 10.7. The molecule has 5 rings (SSSR count). The van der Waals surface area contributed by atoms with Crippen molar-refractivity contribution >= 4 is 17.7 Å². The van der Waals surface area contributed by atoms with Gasteiger partial charge in [-0.15, -0.1) is 0 Å². The SMILES string of the molecule is C[N+](C)(Cc1ccc(NC(=O)C2=Cc3cc(-c4ccccc4)ccc3CCC2)cc1)C1CCOCC1.[Cl-]. The predicted molar refractivity (Wildman–Crippen MR) is 148 cm³/mol. The number of ether oxygens (including phenoxy) is 1. The summed E-state index contributed by atoms with van der Waals surface area (Å²) in [5.74, 6) is -0.000897. The number of halogens is 1. The molecule has 1 aliphatic carbocycles. The summed E-state index contributed by atoms with van der Waals surface area (Å²) in [4.78, 5) is 13.2. The molecule has 0 spiro atoms. The highest BCUT2D eigenvalue weighted by Gasteiger charge is 2.30. The fourth-order valence-electron chi connectivity index (χ4n) is 5.56. The fourth-order valence-corrected chi connectivity index (χ4v) is 5.56. The zero-order valence-corrected chi connectivity index (χ0v) is 22.6. The van der Waals surface area contributed by atoms with E-state index < -0.39 is 0 Å². The van der Waals surface area contributed by atoms with Crippen molar-refractivity contribution in [3.63, 3.8) is 0 Å². The van der Waals surface area contributed by atoms with Gasteiger partial charge in [0.2, 0.25) is 0 Å². The van der Waals surface area contributed by atoms with Crippen LogP contribution in [0.25, 0.3) is 17.2 Å². The van der Waals surface area contributed by atoms with Crippen LogP contribution in [-0.4, -0.2) is 43.7 Å². The Bertz CT molecular complexity index is 1230. The van der Waals surface area contributed by atoms with E-state index in [9.17, 15) is 4.79 Å². The Morgan fingerprint density at radius 2 is 1.65 bits per heavy atom. The molecule has 0 radical (unpaired) electrons. The van der Waals surface area contributed by atoms with Crippen LogP contribution in [0.15, 0.2) is 78.4 Å². The molecular formula is C32H37ClN2O2. The summed E-state index contributed by atoms with van der Waals surface area (Å²) in [6.07, 6.45) is 7.09. The van der Waals surface area contributed by atoms with Crippen molar-refractivity contribution in [2.75, 3.05) is 32.6 Å². The van der Waals surface area contributed by atoms with Crippen LogP contribution in [0.1, 0.15) is 42.4 Å². The molecule has 2 aliphatic rings. The van der Waals surface area contributed by atoms with E-state index in [1.54, 1.807) is 0 Å². The summed E-state index contributed by atoms with van der Waals surface area (Å²) in [6, 6.07) is 26.0. The first kappa shape index (κ1) is 27.1. The van der Waals surface area contributed by atoms with Gasteiger partial charge in [0.25, 0.3) is 5.91 Å². The van der Waals surface area contributed by atoms with Crippen LogP contribution >= 0.6 is 0 Å². The highest BCUT2D eigenvalue weighted by Crippen LogP contribution is 2.29. The Morgan fingerprint density at radius 3 is 2.38 bits per heavy atom. The molecular weight excluding hydrogens is 480 g/mol. The number of fused-ring (bicyclic) bond motifs is 1. The number of nitrogens with one attached hydrogen (secondary N) is 1. The monoisotopic (exact) mass is 516 g/mol. The molecule has 0 aromatic heterocycles. The van der Waals surface area contributed by atoms with E-state index >= 15 is 0 Å². The summed E-state index contributed by atoms with van der Waals surface area (Å²) in [6.45, 7) is 2.71. The Kier molecular flexibility index (Phi) is 8.86.